The normalized spacial score (nSPS) is 14.7. The highest BCUT2D eigenvalue weighted by molar-refractivity contribution is 5.43. The van der Waals surface area contributed by atoms with Gasteiger partial charge in [-0.1, -0.05) is 48.5 Å². The zero-order valence-electron chi connectivity index (χ0n) is 16.5. The van der Waals surface area contributed by atoms with Crippen molar-refractivity contribution in [2.24, 2.45) is 0 Å². The third kappa shape index (κ3) is 5.29. The molecule has 1 aliphatic heterocycles. The van der Waals surface area contributed by atoms with Crippen molar-refractivity contribution in [3.8, 4) is 0 Å². The zero-order valence-corrected chi connectivity index (χ0v) is 16.5. The summed E-state index contributed by atoms with van der Waals surface area (Å²) in [6, 6.07) is 19.4. The van der Waals surface area contributed by atoms with Gasteiger partial charge in [0.25, 0.3) is 0 Å². The van der Waals surface area contributed by atoms with Crippen LogP contribution in [0.5, 0.6) is 0 Å². The van der Waals surface area contributed by atoms with Crippen LogP contribution < -0.4 is 10.2 Å². The van der Waals surface area contributed by atoms with Crippen molar-refractivity contribution in [1.29, 1.82) is 0 Å². The van der Waals surface area contributed by atoms with Crippen LogP contribution in [0.25, 0.3) is 0 Å². The zero-order chi connectivity index (χ0) is 19.9. The van der Waals surface area contributed by atoms with Crippen molar-refractivity contribution in [3.05, 3.63) is 83.8 Å². The van der Waals surface area contributed by atoms with Gasteiger partial charge in [-0.3, -0.25) is 4.90 Å². The minimum absolute atomic E-state index is 0.169. The molecule has 0 bridgehead atoms. The fourth-order valence-electron chi connectivity index (χ4n) is 3.60. The predicted molar refractivity (Wildman–Crippen MR) is 115 cm³/mol. The summed E-state index contributed by atoms with van der Waals surface area (Å²) in [6.07, 6.45) is 2.38. The fourth-order valence-corrected chi connectivity index (χ4v) is 3.60. The Morgan fingerprint density at radius 1 is 0.897 bits per heavy atom. The van der Waals surface area contributed by atoms with E-state index in [0.717, 1.165) is 38.5 Å². The van der Waals surface area contributed by atoms with E-state index in [1.807, 2.05) is 18.2 Å². The second-order valence-electron chi connectivity index (χ2n) is 7.26. The monoisotopic (exact) mass is 391 g/mol. The molecule has 1 fully saturated rings. The molecule has 29 heavy (non-hydrogen) atoms. The average molecular weight is 391 g/mol. The summed E-state index contributed by atoms with van der Waals surface area (Å²) in [7, 11) is 0. The lowest BCUT2D eigenvalue weighted by Crippen LogP contribution is -2.46. The minimum atomic E-state index is -0.169. The standard InChI is InChI=1S/C23H26FN5/c24-21-9-5-4-8-20(21)10-12-25-23-26-13-11-22(27-23)29-16-14-28(15-17-29)18-19-6-2-1-3-7-19/h1-9,11,13H,10,12,14-18H2,(H,25,26,27). The molecule has 0 aliphatic carbocycles. The Morgan fingerprint density at radius 2 is 1.66 bits per heavy atom. The van der Waals surface area contributed by atoms with E-state index in [1.165, 1.54) is 11.6 Å². The number of hydrogen-bond donors (Lipinski definition) is 1. The predicted octanol–water partition coefficient (Wildman–Crippen LogP) is 3.59. The first-order chi connectivity index (χ1) is 14.3. The molecule has 0 spiro atoms. The lowest BCUT2D eigenvalue weighted by molar-refractivity contribution is 0.249. The van der Waals surface area contributed by atoms with E-state index in [1.54, 1.807) is 12.3 Å². The van der Waals surface area contributed by atoms with Crippen molar-refractivity contribution in [2.45, 2.75) is 13.0 Å². The topological polar surface area (TPSA) is 44.3 Å². The summed E-state index contributed by atoms with van der Waals surface area (Å²) in [5, 5.41) is 3.22. The van der Waals surface area contributed by atoms with Crippen LogP contribution in [-0.4, -0.2) is 47.6 Å². The Bertz CT molecular complexity index is 910. The average Bonchev–Trinajstić information content (AvgIpc) is 2.77. The van der Waals surface area contributed by atoms with Crippen molar-refractivity contribution in [1.82, 2.24) is 14.9 Å². The number of anilines is 2. The van der Waals surface area contributed by atoms with Crippen LogP contribution >= 0.6 is 0 Å². The third-order valence-corrected chi connectivity index (χ3v) is 5.22. The summed E-state index contributed by atoms with van der Waals surface area (Å²) >= 11 is 0. The van der Waals surface area contributed by atoms with E-state index >= 15 is 0 Å². The van der Waals surface area contributed by atoms with Gasteiger partial charge in [-0.15, -0.1) is 0 Å². The van der Waals surface area contributed by atoms with Crippen molar-refractivity contribution < 1.29 is 4.39 Å². The second kappa shape index (κ2) is 9.47. The van der Waals surface area contributed by atoms with Gasteiger partial charge in [0, 0.05) is 45.5 Å². The molecule has 4 rings (SSSR count). The Labute approximate surface area is 171 Å². The quantitative estimate of drug-likeness (QED) is 0.667. The molecule has 0 unspecified atom stereocenters. The van der Waals surface area contributed by atoms with Crippen LogP contribution in [0.4, 0.5) is 16.2 Å². The molecule has 0 saturated carbocycles. The number of halogens is 1. The molecule has 150 valence electrons. The molecular formula is C23H26FN5. The van der Waals surface area contributed by atoms with Gasteiger partial charge in [-0.25, -0.2) is 9.37 Å². The molecule has 2 aromatic carbocycles. The van der Waals surface area contributed by atoms with Crippen molar-refractivity contribution in [3.63, 3.8) is 0 Å². The largest absolute Gasteiger partial charge is 0.354 e. The maximum Gasteiger partial charge on any atom is 0.224 e. The summed E-state index contributed by atoms with van der Waals surface area (Å²) in [5.74, 6) is 1.36. The van der Waals surface area contributed by atoms with Gasteiger partial charge in [0.15, 0.2) is 0 Å². The van der Waals surface area contributed by atoms with Crippen LogP contribution in [0.1, 0.15) is 11.1 Å². The fraction of sp³-hybridized carbons (Fsp3) is 0.304. The first kappa shape index (κ1) is 19.3. The van der Waals surface area contributed by atoms with Crippen molar-refractivity contribution >= 4 is 11.8 Å². The molecule has 0 radical (unpaired) electrons. The molecule has 1 aromatic heterocycles. The maximum absolute atomic E-state index is 13.7. The van der Waals surface area contributed by atoms with E-state index < -0.39 is 0 Å². The smallest absolute Gasteiger partial charge is 0.224 e. The first-order valence-electron chi connectivity index (χ1n) is 10.1. The first-order valence-corrected chi connectivity index (χ1v) is 10.1. The highest BCUT2D eigenvalue weighted by Gasteiger charge is 2.18. The maximum atomic E-state index is 13.7. The van der Waals surface area contributed by atoms with Crippen LogP contribution in [0.2, 0.25) is 0 Å². The van der Waals surface area contributed by atoms with Gasteiger partial charge in [0.2, 0.25) is 5.95 Å². The molecule has 6 heteroatoms. The number of benzene rings is 2. The third-order valence-electron chi connectivity index (χ3n) is 5.22. The van der Waals surface area contributed by atoms with Crippen molar-refractivity contribution in [2.75, 3.05) is 42.9 Å². The molecule has 0 amide bonds. The van der Waals surface area contributed by atoms with Crippen LogP contribution in [-0.2, 0) is 13.0 Å². The SMILES string of the molecule is Fc1ccccc1CCNc1nccc(N2CCN(Cc3ccccc3)CC2)n1. The number of nitrogens with zero attached hydrogens (tertiary/aromatic N) is 4. The summed E-state index contributed by atoms with van der Waals surface area (Å²) in [4.78, 5) is 13.7. The molecular weight excluding hydrogens is 365 g/mol. The van der Waals surface area contributed by atoms with E-state index in [4.69, 9.17) is 0 Å². The Balaban J connectivity index is 1.28. The summed E-state index contributed by atoms with van der Waals surface area (Å²) in [5.41, 5.74) is 2.05. The number of nitrogens with one attached hydrogen (secondary N) is 1. The molecule has 3 aromatic rings. The Hall–Kier alpha value is -2.99. The van der Waals surface area contributed by atoms with Gasteiger partial charge in [0.1, 0.15) is 11.6 Å². The Kier molecular flexibility index (Phi) is 6.32. The second-order valence-corrected chi connectivity index (χ2v) is 7.26. The Morgan fingerprint density at radius 3 is 2.45 bits per heavy atom. The molecule has 1 saturated heterocycles. The highest BCUT2D eigenvalue weighted by atomic mass is 19.1. The minimum Gasteiger partial charge on any atom is -0.354 e. The van der Waals surface area contributed by atoms with E-state index in [0.29, 0.717) is 24.5 Å². The number of rotatable bonds is 7. The number of hydrogen-bond acceptors (Lipinski definition) is 5. The highest BCUT2D eigenvalue weighted by Crippen LogP contribution is 2.16. The van der Waals surface area contributed by atoms with Crippen LogP contribution in [0, 0.1) is 5.82 Å². The molecule has 2 heterocycles. The van der Waals surface area contributed by atoms with Gasteiger partial charge in [-0.2, -0.15) is 4.98 Å². The number of aromatic nitrogens is 2. The van der Waals surface area contributed by atoms with E-state index in [9.17, 15) is 4.39 Å². The van der Waals surface area contributed by atoms with Gasteiger partial charge >= 0.3 is 0 Å². The number of piperazine rings is 1. The molecule has 5 nitrogen and oxygen atoms in total. The van der Waals surface area contributed by atoms with Crippen LogP contribution in [0.15, 0.2) is 66.9 Å². The van der Waals surface area contributed by atoms with E-state index in [-0.39, 0.29) is 5.82 Å². The summed E-state index contributed by atoms with van der Waals surface area (Å²) < 4.78 is 13.7. The van der Waals surface area contributed by atoms with E-state index in [2.05, 4.69) is 55.4 Å². The lowest BCUT2D eigenvalue weighted by Gasteiger charge is -2.35. The van der Waals surface area contributed by atoms with Gasteiger partial charge in [-0.05, 0) is 29.7 Å². The van der Waals surface area contributed by atoms with Gasteiger partial charge < -0.3 is 10.2 Å². The molecule has 1 aliphatic rings. The van der Waals surface area contributed by atoms with Crippen LogP contribution in [0.3, 0.4) is 0 Å². The molecule has 1 N–H and O–H groups in total. The summed E-state index contributed by atoms with van der Waals surface area (Å²) in [6.45, 7) is 5.48. The van der Waals surface area contributed by atoms with Gasteiger partial charge in [0.05, 0.1) is 0 Å². The molecule has 0 atom stereocenters. The lowest BCUT2D eigenvalue weighted by atomic mass is 10.1.